The molecule has 1 fully saturated rings. The van der Waals surface area contributed by atoms with Crippen molar-refractivity contribution in [3.8, 4) is 6.01 Å². The first-order valence-electron chi connectivity index (χ1n) is 7.12. The lowest BCUT2D eigenvalue weighted by molar-refractivity contribution is 0.0922. The van der Waals surface area contributed by atoms with Crippen LogP contribution in [0.4, 0.5) is 5.95 Å². The fourth-order valence-electron chi connectivity index (χ4n) is 2.27. The molecule has 0 radical (unpaired) electrons. The van der Waals surface area contributed by atoms with Crippen molar-refractivity contribution in [2.75, 3.05) is 25.1 Å². The molecule has 0 saturated carbocycles. The van der Waals surface area contributed by atoms with Crippen LogP contribution in [0.5, 0.6) is 6.01 Å². The van der Waals surface area contributed by atoms with E-state index in [0.717, 1.165) is 25.9 Å². The van der Waals surface area contributed by atoms with Gasteiger partial charge in [-0.2, -0.15) is 15.0 Å². The molecule has 1 aliphatic heterocycles. The van der Waals surface area contributed by atoms with Crippen LogP contribution in [0.2, 0.25) is 0 Å². The Bertz CT molecular complexity index is 638. The van der Waals surface area contributed by atoms with Crippen LogP contribution in [0.1, 0.15) is 29.2 Å². The average Bonchev–Trinajstić information content (AvgIpc) is 3.24. The number of hydrogen-bond acceptors (Lipinski definition) is 7. The van der Waals surface area contributed by atoms with Crippen LogP contribution >= 0.6 is 0 Å². The molecule has 8 nitrogen and oxygen atoms in total. The molecule has 1 amide bonds. The number of amides is 1. The fourth-order valence-corrected chi connectivity index (χ4v) is 2.27. The predicted octanol–water partition coefficient (Wildman–Crippen LogP) is 1.00. The summed E-state index contributed by atoms with van der Waals surface area (Å²) in [5, 5.41) is 2.71. The molecule has 8 heteroatoms. The number of methoxy groups -OCH3 is 1. The van der Waals surface area contributed by atoms with Gasteiger partial charge in [-0.3, -0.25) is 4.79 Å². The van der Waals surface area contributed by atoms with Gasteiger partial charge in [-0.1, -0.05) is 0 Å². The number of nitrogens with zero attached hydrogens (tertiary/aromatic N) is 4. The first-order valence-corrected chi connectivity index (χ1v) is 7.12. The normalized spacial score (nSPS) is 14.1. The second-order valence-electron chi connectivity index (χ2n) is 4.89. The Kier molecular flexibility index (Phi) is 4.17. The number of carbonyl (C=O) groups excluding carboxylic acids is 1. The lowest BCUT2D eigenvalue weighted by atomic mass is 10.4. The predicted molar refractivity (Wildman–Crippen MR) is 77.7 cm³/mol. The van der Waals surface area contributed by atoms with E-state index in [1.165, 1.54) is 13.4 Å². The van der Waals surface area contributed by atoms with Gasteiger partial charge in [0.25, 0.3) is 5.91 Å². The molecular weight excluding hydrogens is 286 g/mol. The Morgan fingerprint density at radius 3 is 2.86 bits per heavy atom. The highest BCUT2D eigenvalue weighted by Gasteiger charge is 2.18. The molecule has 0 aromatic carbocycles. The molecule has 0 unspecified atom stereocenters. The van der Waals surface area contributed by atoms with Gasteiger partial charge in [0.15, 0.2) is 11.6 Å². The summed E-state index contributed by atoms with van der Waals surface area (Å²) in [7, 11) is 1.51. The van der Waals surface area contributed by atoms with Gasteiger partial charge in [-0.25, -0.2) is 0 Å². The Morgan fingerprint density at radius 1 is 1.36 bits per heavy atom. The van der Waals surface area contributed by atoms with E-state index < -0.39 is 0 Å². The summed E-state index contributed by atoms with van der Waals surface area (Å²) in [4.78, 5) is 26.8. The molecule has 0 bridgehead atoms. The van der Waals surface area contributed by atoms with Crippen molar-refractivity contribution in [1.29, 1.82) is 0 Å². The number of nitrogens with one attached hydrogen (secondary N) is 1. The van der Waals surface area contributed by atoms with E-state index in [1.807, 2.05) is 0 Å². The number of furan rings is 1. The van der Waals surface area contributed by atoms with Crippen molar-refractivity contribution >= 4 is 11.9 Å². The summed E-state index contributed by atoms with van der Waals surface area (Å²) in [5.74, 6) is 0.980. The third-order valence-electron chi connectivity index (χ3n) is 3.37. The Balaban J connectivity index is 1.72. The second-order valence-corrected chi connectivity index (χ2v) is 4.89. The summed E-state index contributed by atoms with van der Waals surface area (Å²) in [5.41, 5.74) is 0. The number of rotatable bonds is 5. The summed E-state index contributed by atoms with van der Waals surface area (Å²) in [6, 6.07) is 3.50. The van der Waals surface area contributed by atoms with Crippen molar-refractivity contribution in [3.05, 3.63) is 30.0 Å². The van der Waals surface area contributed by atoms with Crippen molar-refractivity contribution < 1.29 is 13.9 Å². The van der Waals surface area contributed by atoms with E-state index in [9.17, 15) is 4.79 Å². The number of hydrogen-bond donors (Lipinski definition) is 1. The number of ether oxygens (including phenoxy) is 1. The first-order chi connectivity index (χ1) is 10.8. The zero-order valence-corrected chi connectivity index (χ0v) is 12.3. The monoisotopic (exact) mass is 303 g/mol. The van der Waals surface area contributed by atoms with Gasteiger partial charge in [0.2, 0.25) is 5.95 Å². The van der Waals surface area contributed by atoms with Crippen molar-refractivity contribution in [3.63, 3.8) is 0 Å². The molecular formula is C14H17N5O3. The molecule has 3 heterocycles. The summed E-state index contributed by atoms with van der Waals surface area (Å²) >= 11 is 0. The maximum atomic E-state index is 11.9. The molecule has 1 N–H and O–H groups in total. The van der Waals surface area contributed by atoms with Crippen molar-refractivity contribution in [1.82, 2.24) is 20.3 Å². The van der Waals surface area contributed by atoms with Gasteiger partial charge >= 0.3 is 6.01 Å². The first kappa shape index (κ1) is 14.3. The Labute approximate surface area is 127 Å². The van der Waals surface area contributed by atoms with E-state index in [2.05, 4.69) is 25.2 Å². The minimum atomic E-state index is -0.313. The minimum Gasteiger partial charge on any atom is -0.467 e. The summed E-state index contributed by atoms with van der Waals surface area (Å²) in [6.45, 7) is 2.02. The van der Waals surface area contributed by atoms with Crippen LogP contribution in [0, 0.1) is 0 Å². The molecule has 22 heavy (non-hydrogen) atoms. The molecule has 3 rings (SSSR count). The van der Waals surface area contributed by atoms with Crippen LogP contribution < -0.4 is 15.0 Å². The van der Waals surface area contributed by atoms with Crippen molar-refractivity contribution in [2.24, 2.45) is 0 Å². The van der Waals surface area contributed by atoms with Gasteiger partial charge in [-0.15, -0.1) is 0 Å². The summed E-state index contributed by atoms with van der Waals surface area (Å²) < 4.78 is 10.1. The van der Waals surface area contributed by atoms with Gasteiger partial charge in [0.05, 0.1) is 19.9 Å². The molecule has 2 aromatic rings. The van der Waals surface area contributed by atoms with E-state index in [0.29, 0.717) is 11.8 Å². The lowest BCUT2D eigenvalue weighted by Gasteiger charge is -2.16. The van der Waals surface area contributed by atoms with Crippen LogP contribution in [0.3, 0.4) is 0 Å². The third-order valence-corrected chi connectivity index (χ3v) is 3.37. The molecule has 1 aliphatic rings. The van der Waals surface area contributed by atoms with Crippen LogP contribution in [-0.2, 0) is 6.54 Å². The summed E-state index contributed by atoms with van der Waals surface area (Å²) in [6.07, 6.45) is 3.70. The SMILES string of the molecule is COc1nc(CNC(=O)c2ccco2)nc(N2CCCC2)n1. The molecule has 0 atom stereocenters. The zero-order chi connectivity index (χ0) is 15.4. The largest absolute Gasteiger partial charge is 0.467 e. The van der Waals surface area contributed by atoms with Gasteiger partial charge in [0, 0.05) is 13.1 Å². The Morgan fingerprint density at radius 2 is 2.18 bits per heavy atom. The molecule has 1 saturated heterocycles. The lowest BCUT2D eigenvalue weighted by Crippen LogP contribution is -2.26. The van der Waals surface area contributed by atoms with E-state index in [-0.39, 0.29) is 24.2 Å². The van der Waals surface area contributed by atoms with E-state index in [1.54, 1.807) is 12.1 Å². The minimum absolute atomic E-state index is 0.180. The molecule has 0 spiro atoms. The zero-order valence-electron chi connectivity index (χ0n) is 12.3. The second kappa shape index (κ2) is 6.42. The highest BCUT2D eigenvalue weighted by atomic mass is 16.5. The van der Waals surface area contributed by atoms with Crippen LogP contribution in [-0.4, -0.2) is 41.1 Å². The van der Waals surface area contributed by atoms with Gasteiger partial charge in [-0.05, 0) is 25.0 Å². The van der Waals surface area contributed by atoms with Crippen LogP contribution in [0.25, 0.3) is 0 Å². The van der Waals surface area contributed by atoms with Crippen LogP contribution in [0.15, 0.2) is 22.8 Å². The molecule has 0 aliphatic carbocycles. The number of aromatic nitrogens is 3. The smallest absolute Gasteiger partial charge is 0.321 e. The van der Waals surface area contributed by atoms with Crippen molar-refractivity contribution in [2.45, 2.75) is 19.4 Å². The van der Waals surface area contributed by atoms with Gasteiger partial charge in [0.1, 0.15) is 0 Å². The highest BCUT2D eigenvalue weighted by Crippen LogP contribution is 2.17. The Hall–Kier alpha value is -2.64. The number of carbonyl (C=O) groups is 1. The van der Waals surface area contributed by atoms with E-state index in [4.69, 9.17) is 9.15 Å². The maximum absolute atomic E-state index is 11.9. The average molecular weight is 303 g/mol. The fraction of sp³-hybridized carbons (Fsp3) is 0.429. The quantitative estimate of drug-likeness (QED) is 0.880. The molecule has 2 aromatic heterocycles. The maximum Gasteiger partial charge on any atom is 0.321 e. The third kappa shape index (κ3) is 3.16. The van der Waals surface area contributed by atoms with Gasteiger partial charge < -0.3 is 19.4 Å². The topological polar surface area (TPSA) is 93.4 Å². The number of anilines is 1. The molecule has 116 valence electrons. The standard InChI is InChI=1S/C14H17N5O3/c1-21-14-17-11(9-15-12(20)10-5-4-8-22-10)16-13(18-14)19-6-2-3-7-19/h4-5,8H,2-3,6-7,9H2,1H3,(H,15,20). The van der Waals surface area contributed by atoms with E-state index >= 15 is 0 Å². The highest BCUT2D eigenvalue weighted by molar-refractivity contribution is 5.91.